The van der Waals surface area contributed by atoms with Crippen LogP contribution in [0.15, 0.2) is 35.7 Å². The fraction of sp³-hybridized carbons (Fsp3) is 0.524. The van der Waals surface area contributed by atoms with Gasteiger partial charge < -0.3 is 14.5 Å². The molecule has 2 heterocycles. The largest absolute Gasteiger partial charge is 0.453 e. The van der Waals surface area contributed by atoms with Gasteiger partial charge in [0.05, 0.1) is 7.11 Å². The Kier molecular flexibility index (Phi) is 7.49. The van der Waals surface area contributed by atoms with Gasteiger partial charge in [0.1, 0.15) is 0 Å². The van der Waals surface area contributed by atoms with Crippen LogP contribution in [0.3, 0.4) is 0 Å². The third-order valence-corrected chi connectivity index (χ3v) is 7.20. The molecule has 1 aromatic rings. The van der Waals surface area contributed by atoms with E-state index in [2.05, 4.69) is 0 Å². The molecule has 9 heteroatoms. The monoisotopic (exact) mass is 435 g/mol. The molecule has 3 rings (SSSR count). The average Bonchev–Trinajstić information content (AvgIpc) is 3.04. The maximum Gasteiger partial charge on any atom is 0.409 e. The smallest absolute Gasteiger partial charge is 0.409 e. The molecule has 30 heavy (non-hydrogen) atoms. The zero-order chi connectivity index (χ0) is 21.6. The summed E-state index contributed by atoms with van der Waals surface area (Å²) in [5, 5.41) is 1.24. The number of amides is 2. The summed E-state index contributed by atoms with van der Waals surface area (Å²) in [6.45, 7) is 2.77. The van der Waals surface area contributed by atoms with Crippen LogP contribution in [0.25, 0.3) is 6.08 Å². The number of nitrogens with zero attached hydrogens (tertiary/aromatic N) is 3. The number of ether oxygens (including phenoxy) is 1. The molecule has 0 unspecified atom stereocenters. The van der Waals surface area contributed by atoms with Crippen molar-refractivity contribution < 1.29 is 22.7 Å². The summed E-state index contributed by atoms with van der Waals surface area (Å²) in [4.78, 5) is 28.0. The number of carbonyl (C=O) groups is 2. The molecule has 8 nitrogen and oxygen atoms in total. The highest BCUT2D eigenvalue weighted by Crippen LogP contribution is 2.23. The van der Waals surface area contributed by atoms with Crippen molar-refractivity contribution in [3.63, 3.8) is 0 Å². The van der Waals surface area contributed by atoms with Crippen LogP contribution in [0.5, 0.6) is 0 Å². The summed E-state index contributed by atoms with van der Waals surface area (Å²) in [7, 11) is -2.16. The van der Waals surface area contributed by atoms with Crippen molar-refractivity contribution in [2.75, 3.05) is 46.4 Å². The van der Waals surface area contributed by atoms with Crippen LogP contribution in [-0.4, -0.2) is 80.9 Å². The Bertz CT molecular complexity index is 864. The first-order chi connectivity index (χ1) is 14.4. The highest BCUT2D eigenvalue weighted by atomic mass is 32.2. The Labute approximate surface area is 178 Å². The van der Waals surface area contributed by atoms with E-state index in [0.29, 0.717) is 58.5 Å². The molecule has 2 saturated heterocycles. The lowest BCUT2D eigenvalue weighted by molar-refractivity contribution is -0.136. The molecule has 0 aromatic heterocycles. The van der Waals surface area contributed by atoms with Crippen LogP contribution in [0.2, 0.25) is 0 Å². The Morgan fingerprint density at radius 2 is 1.60 bits per heavy atom. The Balaban J connectivity index is 1.53. The summed E-state index contributed by atoms with van der Waals surface area (Å²) < 4.78 is 31.4. The molecule has 2 amide bonds. The molecule has 2 aliphatic rings. The van der Waals surface area contributed by atoms with Gasteiger partial charge in [0.25, 0.3) is 0 Å². The maximum absolute atomic E-state index is 12.9. The van der Waals surface area contributed by atoms with Gasteiger partial charge in [-0.1, -0.05) is 30.3 Å². The van der Waals surface area contributed by atoms with Crippen molar-refractivity contribution in [1.29, 1.82) is 0 Å². The molecular formula is C21H29N3O5S. The number of benzene rings is 1. The van der Waals surface area contributed by atoms with Gasteiger partial charge in [0.2, 0.25) is 15.9 Å². The van der Waals surface area contributed by atoms with Crippen molar-refractivity contribution in [3.05, 3.63) is 41.3 Å². The van der Waals surface area contributed by atoms with Gasteiger partial charge >= 0.3 is 6.09 Å². The summed E-state index contributed by atoms with van der Waals surface area (Å²) in [5.74, 6) is -0.127. The van der Waals surface area contributed by atoms with Crippen molar-refractivity contribution in [2.24, 2.45) is 5.92 Å². The lowest BCUT2D eigenvalue weighted by atomic mass is 9.96. The molecule has 0 spiro atoms. The first kappa shape index (κ1) is 22.3. The molecule has 0 atom stereocenters. The van der Waals surface area contributed by atoms with Crippen LogP contribution in [-0.2, 0) is 19.6 Å². The molecule has 2 fully saturated rings. The van der Waals surface area contributed by atoms with E-state index in [1.807, 2.05) is 30.3 Å². The van der Waals surface area contributed by atoms with Gasteiger partial charge in [-0.15, -0.1) is 0 Å². The van der Waals surface area contributed by atoms with E-state index in [1.54, 1.807) is 15.9 Å². The molecule has 0 bridgehead atoms. The van der Waals surface area contributed by atoms with E-state index in [1.165, 1.54) is 16.8 Å². The van der Waals surface area contributed by atoms with Crippen LogP contribution in [0.1, 0.15) is 24.8 Å². The topological polar surface area (TPSA) is 87.2 Å². The predicted octanol–water partition coefficient (Wildman–Crippen LogP) is 2.00. The van der Waals surface area contributed by atoms with E-state index < -0.39 is 10.0 Å². The Hall–Kier alpha value is -2.39. The minimum absolute atomic E-state index is 0.0543. The highest BCUT2D eigenvalue weighted by Gasteiger charge is 2.33. The lowest BCUT2D eigenvalue weighted by Crippen LogP contribution is -2.45. The van der Waals surface area contributed by atoms with Gasteiger partial charge in [-0.2, -0.15) is 4.31 Å². The minimum Gasteiger partial charge on any atom is -0.453 e. The number of methoxy groups -OCH3 is 1. The Morgan fingerprint density at radius 1 is 0.967 bits per heavy atom. The van der Waals surface area contributed by atoms with Gasteiger partial charge in [0.15, 0.2) is 0 Å². The van der Waals surface area contributed by atoms with Gasteiger partial charge in [-0.25, -0.2) is 13.2 Å². The van der Waals surface area contributed by atoms with Gasteiger partial charge in [-0.3, -0.25) is 4.79 Å². The van der Waals surface area contributed by atoms with Gasteiger partial charge in [-0.05, 0) is 30.9 Å². The summed E-state index contributed by atoms with van der Waals surface area (Å²) in [6.07, 6.45) is 2.95. The van der Waals surface area contributed by atoms with Crippen molar-refractivity contribution in [2.45, 2.75) is 19.3 Å². The lowest BCUT2D eigenvalue weighted by Gasteiger charge is -2.32. The van der Waals surface area contributed by atoms with E-state index in [0.717, 1.165) is 5.56 Å². The molecule has 0 saturated carbocycles. The van der Waals surface area contributed by atoms with Crippen LogP contribution >= 0.6 is 0 Å². The average molecular weight is 436 g/mol. The standard InChI is InChI=1S/C21H29N3O5S/c1-29-21(26)23-12-5-11-22(15-16-23)20(25)19-8-13-24(14-9-19)30(27,28)17-10-18-6-3-2-4-7-18/h2-4,6-7,10,17,19H,5,8-9,11-16H2,1H3/b17-10+. The maximum atomic E-state index is 12.9. The van der Waals surface area contributed by atoms with Gasteiger partial charge in [0, 0.05) is 50.6 Å². The molecule has 2 aliphatic heterocycles. The number of hydrogen-bond acceptors (Lipinski definition) is 5. The van der Waals surface area contributed by atoms with Crippen molar-refractivity contribution in [3.8, 4) is 0 Å². The molecule has 0 N–H and O–H groups in total. The third-order valence-electron chi connectivity index (χ3n) is 5.64. The Morgan fingerprint density at radius 3 is 2.27 bits per heavy atom. The molecule has 164 valence electrons. The number of piperidine rings is 1. The molecular weight excluding hydrogens is 406 g/mol. The number of sulfonamides is 1. The third kappa shape index (κ3) is 5.60. The zero-order valence-corrected chi connectivity index (χ0v) is 18.1. The quantitative estimate of drug-likeness (QED) is 0.722. The SMILES string of the molecule is COC(=O)N1CCCN(C(=O)C2CCN(S(=O)(=O)/C=C/c3ccccc3)CC2)CC1. The normalized spacial score (nSPS) is 19.6. The molecule has 0 radical (unpaired) electrons. The van der Waals surface area contributed by atoms with Crippen LogP contribution < -0.4 is 0 Å². The zero-order valence-electron chi connectivity index (χ0n) is 17.3. The second kappa shape index (κ2) is 10.1. The number of carbonyl (C=O) groups excluding carboxylic acids is 2. The predicted molar refractivity (Wildman–Crippen MR) is 114 cm³/mol. The van der Waals surface area contributed by atoms with Crippen molar-refractivity contribution >= 4 is 28.1 Å². The summed E-state index contributed by atoms with van der Waals surface area (Å²) in [5.41, 5.74) is 0.827. The van der Waals surface area contributed by atoms with Crippen LogP contribution in [0.4, 0.5) is 4.79 Å². The van der Waals surface area contributed by atoms with E-state index >= 15 is 0 Å². The molecule has 0 aliphatic carbocycles. The fourth-order valence-corrected chi connectivity index (χ4v) is 5.10. The minimum atomic E-state index is -3.51. The number of hydrogen-bond donors (Lipinski definition) is 0. The molecule has 1 aromatic carbocycles. The first-order valence-corrected chi connectivity index (χ1v) is 11.8. The summed E-state index contributed by atoms with van der Waals surface area (Å²) in [6, 6.07) is 9.29. The first-order valence-electron chi connectivity index (χ1n) is 10.3. The highest BCUT2D eigenvalue weighted by molar-refractivity contribution is 7.92. The van der Waals surface area contributed by atoms with E-state index in [9.17, 15) is 18.0 Å². The summed E-state index contributed by atoms with van der Waals surface area (Å²) >= 11 is 0. The second-order valence-corrected chi connectivity index (χ2v) is 9.39. The number of rotatable bonds is 4. The fourth-order valence-electron chi connectivity index (χ4n) is 3.88. The van der Waals surface area contributed by atoms with E-state index in [4.69, 9.17) is 4.74 Å². The van der Waals surface area contributed by atoms with E-state index in [-0.39, 0.29) is 17.9 Å². The second-order valence-electron chi connectivity index (χ2n) is 7.57. The van der Waals surface area contributed by atoms with Crippen LogP contribution in [0, 0.1) is 5.92 Å². The van der Waals surface area contributed by atoms with Crippen molar-refractivity contribution in [1.82, 2.24) is 14.1 Å².